The minimum atomic E-state index is 0.486. The summed E-state index contributed by atoms with van der Waals surface area (Å²) in [5.41, 5.74) is 0. The van der Waals surface area contributed by atoms with Gasteiger partial charge in [-0.25, -0.2) is 15.0 Å². The first-order valence-electron chi connectivity index (χ1n) is 2.08. The molecule has 0 bridgehead atoms. The standard InChI is InChI=1S/C4H5N4/c1-5-4-7-2-6-3-8-4/h2-3H,1H2,(H,5,6,7,8). The molecule has 0 spiro atoms. The highest BCUT2D eigenvalue weighted by Crippen LogP contribution is 1.86. The lowest BCUT2D eigenvalue weighted by molar-refractivity contribution is 1.05. The molecule has 1 aromatic rings. The Morgan fingerprint density at radius 2 is 2.00 bits per heavy atom. The zero-order valence-electron chi connectivity index (χ0n) is 4.20. The average molecular weight is 109 g/mol. The van der Waals surface area contributed by atoms with Gasteiger partial charge in [-0.05, 0) is 0 Å². The van der Waals surface area contributed by atoms with E-state index in [-0.39, 0.29) is 0 Å². The molecule has 4 heteroatoms. The molecule has 0 aliphatic carbocycles. The number of anilines is 1. The molecule has 4 nitrogen and oxygen atoms in total. The molecule has 0 aliphatic rings. The third-order valence-electron chi connectivity index (χ3n) is 0.651. The van der Waals surface area contributed by atoms with Crippen molar-refractivity contribution in [2.45, 2.75) is 0 Å². The van der Waals surface area contributed by atoms with Crippen LogP contribution in [0.5, 0.6) is 0 Å². The van der Waals surface area contributed by atoms with Crippen LogP contribution in [0, 0.1) is 7.05 Å². The monoisotopic (exact) mass is 109 g/mol. The van der Waals surface area contributed by atoms with Gasteiger partial charge in [0.05, 0.1) is 0 Å². The van der Waals surface area contributed by atoms with Crippen LogP contribution in [0.2, 0.25) is 0 Å². The van der Waals surface area contributed by atoms with Crippen LogP contribution in [0.4, 0.5) is 5.95 Å². The Hall–Kier alpha value is -1.19. The van der Waals surface area contributed by atoms with E-state index in [9.17, 15) is 0 Å². The van der Waals surface area contributed by atoms with Crippen molar-refractivity contribution >= 4 is 5.95 Å². The summed E-state index contributed by atoms with van der Waals surface area (Å²) >= 11 is 0. The van der Waals surface area contributed by atoms with Crippen molar-refractivity contribution in [2.24, 2.45) is 0 Å². The number of aromatic nitrogens is 3. The molecular weight excluding hydrogens is 104 g/mol. The maximum atomic E-state index is 3.70. The maximum absolute atomic E-state index is 3.70. The molecule has 41 valence electrons. The van der Waals surface area contributed by atoms with E-state index in [0.29, 0.717) is 5.95 Å². The van der Waals surface area contributed by atoms with E-state index in [0.717, 1.165) is 0 Å². The second kappa shape index (κ2) is 2.20. The van der Waals surface area contributed by atoms with Gasteiger partial charge in [-0.15, -0.1) is 0 Å². The van der Waals surface area contributed by atoms with Crippen molar-refractivity contribution in [1.29, 1.82) is 0 Å². The van der Waals surface area contributed by atoms with Crippen molar-refractivity contribution in [3.05, 3.63) is 19.7 Å². The Balaban J connectivity index is 2.83. The molecule has 0 atom stereocenters. The van der Waals surface area contributed by atoms with Crippen molar-refractivity contribution in [2.75, 3.05) is 5.32 Å². The molecule has 1 rings (SSSR count). The van der Waals surface area contributed by atoms with Crippen LogP contribution in [0.25, 0.3) is 0 Å². The van der Waals surface area contributed by atoms with Crippen LogP contribution < -0.4 is 5.32 Å². The summed E-state index contributed by atoms with van der Waals surface area (Å²) < 4.78 is 0. The topological polar surface area (TPSA) is 50.7 Å². The summed E-state index contributed by atoms with van der Waals surface area (Å²) in [6, 6.07) is 0. The highest BCUT2D eigenvalue weighted by Gasteiger charge is 1.82. The molecule has 0 aromatic carbocycles. The largest absolute Gasteiger partial charge is 0.352 e. The molecular formula is C4H5N4. The van der Waals surface area contributed by atoms with Crippen LogP contribution in [0.3, 0.4) is 0 Å². The third kappa shape index (κ3) is 0.900. The van der Waals surface area contributed by atoms with Crippen molar-refractivity contribution in [3.8, 4) is 0 Å². The maximum Gasteiger partial charge on any atom is 0.225 e. The van der Waals surface area contributed by atoms with Crippen LogP contribution in [0.15, 0.2) is 12.7 Å². The quantitative estimate of drug-likeness (QED) is 0.554. The SMILES string of the molecule is [CH2]Nc1ncncn1. The first-order chi connectivity index (χ1) is 3.93. The Bertz CT molecular complexity index is 149. The van der Waals surface area contributed by atoms with Gasteiger partial charge in [0.2, 0.25) is 5.95 Å². The molecule has 0 saturated carbocycles. The number of rotatable bonds is 1. The molecule has 1 radical (unpaired) electrons. The minimum absolute atomic E-state index is 0.486. The molecule has 1 aromatic heterocycles. The molecule has 0 amide bonds. The van der Waals surface area contributed by atoms with Crippen molar-refractivity contribution in [1.82, 2.24) is 15.0 Å². The molecule has 0 fully saturated rings. The van der Waals surface area contributed by atoms with Gasteiger partial charge in [0.1, 0.15) is 12.7 Å². The van der Waals surface area contributed by atoms with Gasteiger partial charge >= 0.3 is 0 Å². The van der Waals surface area contributed by atoms with Gasteiger partial charge in [0.15, 0.2) is 0 Å². The van der Waals surface area contributed by atoms with E-state index >= 15 is 0 Å². The summed E-state index contributed by atoms with van der Waals surface area (Å²) in [5, 5.41) is 2.51. The lowest BCUT2D eigenvalue weighted by atomic mass is 10.9. The number of nitrogens with one attached hydrogen (secondary N) is 1. The fourth-order valence-electron chi connectivity index (χ4n) is 0.330. The summed E-state index contributed by atoms with van der Waals surface area (Å²) in [4.78, 5) is 11.0. The predicted octanol–water partition coefficient (Wildman–Crippen LogP) is 0.0751. The van der Waals surface area contributed by atoms with Gasteiger partial charge < -0.3 is 5.32 Å². The summed E-state index contributed by atoms with van der Waals surface area (Å²) in [7, 11) is 3.35. The van der Waals surface area contributed by atoms with Gasteiger partial charge in [0, 0.05) is 7.05 Å². The zero-order valence-corrected chi connectivity index (χ0v) is 4.20. The normalized spacial score (nSPS) is 8.62. The molecule has 1 heterocycles. The summed E-state index contributed by atoms with van der Waals surface area (Å²) in [5.74, 6) is 0.486. The zero-order chi connectivity index (χ0) is 5.82. The number of hydrogen-bond acceptors (Lipinski definition) is 4. The lowest BCUT2D eigenvalue weighted by Crippen LogP contribution is -1.92. The fraction of sp³-hybridized carbons (Fsp3) is 0. The second-order valence-electron chi connectivity index (χ2n) is 1.14. The minimum Gasteiger partial charge on any atom is -0.352 e. The van der Waals surface area contributed by atoms with Crippen molar-refractivity contribution in [3.63, 3.8) is 0 Å². The highest BCUT2D eigenvalue weighted by atomic mass is 15.1. The van der Waals surface area contributed by atoms with Gasteiger partial charge in [0.25, 0.3) is 0 Å². The Morgan fingerprint density at radius 1 is 1.38 bits per heavy atom. The van der Waals surface area contributed by atoms with E-state index in [1.165, 1.54) is 12.7 Å². The average Bonchev–Trinajstić information content (AvgIpc) is 1.90. The number of nitrogens with zero attached hydrogens (tertiary/aromatic N) is 3. The van der Waals surface area contributed by atoms with Gasteiger partial charge in [-0.1, -0.05) is 0 Å². The van der Waals surface area contributed by atoms with E-state index in [4.69, 9.17) is 0 Å². The van der Waals surface area contributed by atoms with Crippen molar-refractivity contribution < 1.29 is 0 Å². The first kappa shape index (κ1) is 4.96. The third-order valence-corrected chi connectivity index (χ3v) is 0.651. The Kier molecular flexibility index (Phi) is 1.37. The van der Waals surface area contributed by atoms with Crippen LogP contribution in [-0.4, -0.2) is 15.0 Å². The Labute approximate surface area is 47.0 Å². The fourth-order valence-corrected chi connectivity index (χ4v) is 0.330. The van der Waals surface area contributed by atoms with E-state index in [1.807, 2.05) is 0 Å². The van der Waals surface area contributed by atoms with Crippen LogP contribution in [-0.2, 0) is 0 Å². The van der Waals surface area contributed by atoms with Crippen LogP contribution in [0.1, 0.15) is 0 Å². The smallest absolute Gasteiger partial charge is 0.225 e. The van der Waals surface area contributed by atoms with Crippen LogP contribution >= 0.6 is 0 Å². The second-order valence-corrected chi connectivity index (χ2v) is 1.14. The van der Waals surface area contributed by atoms with Gasteiger partial charge in [-0.3, -0.25) is 0 Å². The summed E-state index contributed by atoms with van der Waals surface area (Å²) in [6.07, 6.45) is 2.81. The van der Waals surface area contributed by atoms with Gasteiger partial charge in [-0.2, -0.15) is 0 Å². The molecule has 0 saturated heterocycles. The molecule has 0 aliphatic heterocycles. The lowest BCUT2D eigenvalue weighted by Gasteiger charge is -1.90. The molecule has 1 N–H and O–H groups in total. The van der Waals surface area contributed by atoms with E-state index < -0.39 is 0 Å². The van der Waals surface area contributed by atoms with E-state index in [1.54, 1.807) is 0 Å². The first-order valence-corrected chi connectivity index (χ1v) is 2.08. The predicted molar refractivity (Wildman–Crippen MR) is 28.8 cm³/mol. The summed E-state index contributed by atoms with van der Waals surface area (Å²) in [6.45, 7) is 0. The number of hydrogen-bond donors (Lipinski definition) is 1. The Morgan fingerprint density at radius 3 is 2.38 bits per heavy atom. The van der Waals surface area contributed by atoms with E-state index in [2.05, 4.69) is 27.3 Å². The molecule has 8 heavy (non-hydrogen) atoms. The molecule has 0 unspecified atom stereocenters. The highest BCUT2D eigenvalue weighted by molar-refractivity contribution is 5.20.